The van der Waals surface area contributed by atoms with Crippen molar-refractivity contribution in [1.29, 1.82) is 0 Å². The molecule has 1 N–H and O–H groups in total. The first-order chi connectivity index (χ1) is 13.4. The van der Waals surface area contributed by atoms with Gasteiger partial charge in [0.2, 0.25) is 15.9 Å². The Morgan fingerprint density at radius 2 is 1.86 bits per heavy atom. The number of nitrogens with zero attached hydrogens (tertiary/aromatic N) is 2. The number of aromatic nitrogens is 1. The minimum Gasteiger partial charge on any atom is -0.337 e. The number of likely N-dealkylation sites (tertiary alicyclic amines) is 1. The quantitative estimate of drug-likeness (QED) is 0.808. The minimum atomic E-state index is -3.35. The van der Waals surface area contributed by atoms with Crippen LogP contribution in [0, 0.1) is 5.92 Å². The highest BCUT2D eigenvalue weighted by atomic mass is 32.2. The Kier molecular flexibility index (Phi) is 5.21. The number of hydrogen-bond donors (Lipinski definition) is 1. The summed E-state index contributed by atoms with van der Waals surface area (Å²) in [6.07, 6.45) is 4.21. The van der Waals surface area contributed by atoms with Crippen LogP contribution in [0.15, 0.2) is 48.5 Å². The molecule has 6 nitrogen and oxygen atoms in total. The van der Waals surface area contributed by atoms with Crippen molar-refractivity contribution in [3.8, 4) is 11.3 Å². The number of pyridine rings is 1. The van der Waals surface area contributed by atoms with Crippen LogP contribution in [0.1, 0.15) is 25.0 Å². The third kappa shape index (κ3) is 4.42. The molecule has 0 spiro atoms. The molecule has 2 heterocycles. The molecule has 1 aliphatic carbocycles. The van der Waals surface area contributed by atoms with Gasteiger partial charge in [-0.25, -0.2) is 13.1 Å². The van der Waals surface area contributed by atoms with Crippen LogP contribution in [-0.2, 0) is 21.2 Å². The maximum Gasteiger partial charge on any atom is 0.225 e. The summed E-state index contributed by atoms with van der Waals surface area (Å²) in [6, 6.07) is 15.3. The molecule has 2 aliphatic rings. The number of carbonyl (C=O) groups is 1. The zero-order valence-corrected chi connectivity index (χ0v) is 16.7. The van der Waals surface area contributed by atoms with E-state index in [-0.39, 0.29) is 23.9 Å². The van der Waals surface area contributed by atoms with Crippen LogP contribution in [0.5, 0.6) is 0 Å². The maximum absolute atomic E-state index is 12.7. The number of rotatable bonds is 6. The Labute approximate surface area is 166 Å². The van der Waals surface area contributed by atoms with Gasteiger partial charge in [0, 0.05) is 36.2 Å². The number of nitrogens with one attached hydrogen (secondary N) is 1. The SMILES string of the molecule is CS(=O)(=O)NC1CCN(C(=O)C2CC2)C1Cc1cccc(-c2ccccc2)n1. The second-order valence-corrected chi connectivity index (χ2v) is 9.52. The van der Waals surface area contributed by atoms with Gasteiger partial charge < -0.3 is 4.90 Å². The smallest absolute Gasteiger partial charge is 0.225 e. The van der Waals surface area contributed by atoms with Crippen LogP contribution >= 0.6 is 0 Å². The number of carbonyl (C=O) groups excluding carboxylic acids is 1. The Balaban J connectivity index is 1.59. The summed E-state index contributed by atoms with van der Waals surface area (Å²) in [5, 5.41) is 0. The summed E-state index contributed by atoms with van der Waals surface area (Å²) in [5.74, 6) is 0.269. The normalized spacial score (nSPS) is 22.4. The van der Waals surface area contributed by atoms with Gasteiger partial charge in [-0.3, -0.25) is 9.78 Å². The van der Waals surface area contributed by atoms with Gasteiger partial charge in [0.15, 0.2) is 0 Å². The highest BCUT2D eigenvalue weighted by Crippen LogP contribution is 2.34. The van der Waals surface area contributed by atoms with E-state index in [0.29, 0.717) is 19.4 Å². The summed E-state index contributed by atoms with van der Waals surface area (Å²) in [6.45, 7) is 0.589. The third-order valence-electron chi connectivity index (χ3n) is 5.42. The Morgan fingerprint density at radius 1 is 1.11 bits per heavy atom. The van der Waals surface area contributed by atoms with E-state index >= 15 is 0 Å². The molecule has 0 bridgehead atoms. The third-order valence-corrected chi connectivity index (χ3v) is 6.15. The number of sulfonamides is 1. The van der Waals surface area contributed by atoms with Crippen molar-refractivity contribution in [1.82, 2.24) is 14.6 Å². The van der Waals surface area contributed by atoms with Gasteiger partial charge in [0.25, 0.3) is 0 Å². The van der Waals surface area contributed by atoms with E-state index in [0.717, 1.165) is 29.8 Å². The van der Waals surface area contributed by atoms with E-state index in [1.54, 1.807) is 0 Å². The standard InChI is InChI=1S/C21H25N3O3S/c1-28(26,27)23-19-12-13-24(21(25)16-10-11-16)20(19)14-17-8-5-9-18(22-17)15-6-3-2-4-7-15/h2-9,16,19-20,23H,10-14H2,1H3. The van der Waals surface area contributed by atoms with Crippen molar-refractivity contribution >= 4 is 15.9 Å². The van der Waals surface area contributed by atoms with Gasteiger partial charge in [0.05, 0.1) is 18.0 Å². The largest absolute Gasteiger partial charge is 0.337 e. The van der Waals surface area contributed by atoms with E-state index in [1.165, 1.54) is 6.26 Å². The molecular formula is C21H25N3O3S. The molecule has 4 rings (SSSR count). The minimum absolute atomic E-state index is 0.114. The second kappa shape index (κ2) is 7.64. The number of hydrogen-bond acceptors (Lipinski definition) is 4. The van der Waals surface area contributed by atoms with Crippen molar-refractivity contribution in [3.63, 3.8) is 0 Å². The predicted molar refractivity (Wildman–Crippen MR) is 108 cm³/mol. The van der Waals surface area contributed by atoms with Crippen LogP contribution in [0.4, 0.5) is 0 Å². The average Bonchev–Trinajstić information content (AvgIpc) is 3.45. The summed E-state index contributed by atoms with van der Waals surface area (Å²) in [5.41, 5.74) is 2.78. The van der Waals surface area contributed by atoms with Gasteiger partial charge in [-0.2, -0.15) is 0 Å². The monoisotopic (exact) mass is 399 g/mol. The number of amides is 1. The van der Waals surface area contributed by atoms with Gasteiger partial charge in [-0.1, -0.05) is 36.4 Å². The molecule has 1 aromatic heterocycles. The van der Waals surface area contributed by atoms with Crippen molar-refractivity contribution < 1.29 is 13.2 Å². The Bertz CT molecular complexity index is 958. The van der Waals surface area contributed by atoms with Crippen molar-refractivity contribution in [2.24, 2.45) is 5.92 Å². The first kappa shape index (κ1) is 19.1. The van der Waals surface area contributed by atoms with Crippen LogP contribution in [0.2, 0.25) is 0 Å². The molecule has 0 radical (unpaired) electrons. The molecule has 148 valence electrons. The fraction of sp³-hybridized carbons (Fsp3) is 0.429. The first-order valence-electron chi connectivity index (χ1n) is 9.70. The van der Waals surface area contributed by atoms with E-state index in [1.807, 2.05) is 53.4 Å². The summed E-state index contributed by atoms with van der Waals surface area (Å²) in [7, 11) is -3.35. The van der Waals surface area contributed by atoms with Crippen molar-refractivity contribution in [2.45, 2.75) is 37.8 Å². The zero-order chi connectivity index (χ0) is 19.7. The lowest BCUT2D eigenvalue weighted by atomic mass is 10.0. The molecule has 7 heteroatoms. The van der Waals surface area contributed by atoms with Gasteiger partial charge in [-0.05, 0) is 31.4 Å². The van der Waals surface area contributed by atoms with Crippen molar-refractivity contribution in [3.05, 3.63) is 54.2 Å². The Hall–Kier alpha value is -2.25. The van der Waals surface area contributed by atoms with Crippen LogP contribution in [0.3, 0.4) is 0 Å². The zero-order valence-electron chi connectivity index (χ0n) is 15.9. The Morgan fingerprint density at radius 3 is 2.54 bits per heavy atom. The van der Waals surface area contributed by atoms with Gasteiger partial charge in [0.1, 0.15) is 0 Å². The molecule has 2 fully saturated rings. The molecular weight excluding hydrogens is 374 g/mol. The molecule has 1 aliphatic heterocycles. The fourth-order valence-corrected chi connectivity index (χ4v) is 4.76. The number of benzene rings is 1. The molecule has 1 aromatic carbocycles. The van der Waals surface area contributed by atoms with Crippen molar-refractivity contribution in [2.75, 3.05) is 12.8 Å². The van der Waals surface area contributed by atoms with Crippen LogP contribution in [0.25, 0.3) is 11.3 Å². The molecule has 1 saturated heterocycles. The highest BCUT2D eigenvalue weighted by Gasteiger charge is 2.43. The second-order valence-electron chi connectivity index (χ2n) is 7.74. The molecule has 1 saturated carbocycles. The summed E-state index contributed by atoms with van der Waals surface area (Å²) < 4.78 is 26.4. The lowest BCUT2D eigenvalue weighted by Gasteiger charge is -2.28. The van der Waals surface area contributed by atoms with Gasteiger partial charge >= 0.3 is 0 Å². The summed E-state index contributed by atoms with van der Waals surface area (Å²) in [4.78, 5) is 19.4. The molecule has 2 unspecified atom stereocenters. The highest BCUT2D eigenvalue weighted by molar-refractivity contribution is 7.88. The molecule has 28 heavy (non-hydrogen) atoms. The van der Waals surface area contributed by atoms with E-state index in [9.17, 15) is 13.2 Å². The lowest BCUT2D eigenvalue weighted by molar-refractivity contribution is -0.133. The average molecular weight is 400 g/mol. The van der Waals surface area contributed by atoms with Crippen LogP contribution in [-0.4, -0.2) is 49.1 Å². The molecule has 2 atom stereocenters. The molecule has 1 amide bonds. The molecule has 2 aromatic rings. The fourth-order valence-electron chi connectivity index (χ4n) is 3.93. The van der Waals surface area contributed by atoms with E-state index < -0.39 is 10.0 Å². The van der Waals surface area contributed by atoms with Gasteiger partial charge in [-0.15, -0.1) is 0 Å². The lowest BCUT2D eigenvalue weighted by Crippen LogP contribution is -2.48. The maximum atomic E-state index is 12.7. The van der Waals surface area contributed by atoms with E-state index in [2.05, 4.69) is 4.72 Å². The predicted octanol–water partition coefficient (Wildman–Crippen LogP) is 2.22. The first-order valence-corrected chi connectivity index (χ1v) is 11.6. The summed E-state index contributed by atoms with van der Waals surface area (Å²) >= 11 is 0. The van der Waals surface area contributed by atoms with Crippen LogP contribution < -0.4 is 4.72 Å². The van der Waals surface area contributed by atoms with E-state index in [4.69, 9.17) is 4.98 Å². The topological polar surface area (TPSA) is 79.4 Å².